The summed E-state index contributed by atoms with van der Waals surface area (Å²) >= 11 is 0. The Morgan fingerprint density at radius 3 is 2.44 bits per heavy atom. The van der Waals surface area contributed by atoms with Crippen molar-refractivity contribution in [1.82, 2.24) is 34.4 Å². The van der Waals surface area contributed by atoms with E-state index in [4.69, 9.17) is 5.10 Å². The Morgan fingerprint density at radius 2 is 1.75 bits per heavy atom. The number of piperidine rings is 2. The number of aliphatic hydroxyl groups is 1. The summed E-state index contributed by atoms with van der Waals surface area (Å²) in [5, 5.41) is 24.2. The number of dihydropyridines is 1. The largest absolute Gasteiger partial charge is 0.414 e. The SMILES string of the molecule is Cn1c(=O)n(C2CCC(=O)NC2=O)c2cccc(CCC3CC4(CCN(CC5CCC(n6cc7cc(NC(=O)C8=CC=CC(C)(C(F)(F)F)N8)c(C(C)(C)O)cc7n6)CC5)CC4)C3)c21. The predicted molar refractivity (Wildman–Crippen MR) is 237 cm³/mol. The summed E-state index contributed by atoms with van der Waals surface area (Å²) in [4.78, 5) is 53.8. The number of carbonyl (C=O) groups excluding carboxylic acids is 3. The van der Waals surface area contributed by atoms with Crippen LogP contribution in [0.1, 0.15) is 115 Å². The van der Waals surface area contributed by atoms with Crippen LogP contribution in [0.4, 0.5) is 18.9 Å². The van der Waals surface area contributed by atoms with Gasteiger partial charge in [0.15, 0.2) is 0 Å². The maximum absolute atomic E-state index is 13.7. The second-order valence-electron chi connectivity index (χ2n) is 20.1. The van der Waals surface area contributed by atoms with E-state index in [0.29, 0.717) is 40.4 Å². The Hall–Kier alpha value is -5.22. The van der Waals surface area contributed by atoms with Crippen LogP contribution in [0.25, 0.3) is 21.9 Å². The van der Waals surface area contributed by atoms with Crippen molar-refractivity contribution in [1.29, 1.82) is 0 Å². The van der Waals surface area contributed by atoms with Gasteiger partial charge in [0.25, 0.3) is 5.91 Å². The van der Waals surface area contributed by atoms with E-state index in [1.165, 1.54) is 37.8 Å². The first-order chi connectivity index (χ1) is 30.3. The molecule has 2 aromatic heterocycles. The van der Waals surface area contributed by atoms with Crippen LogP contribution in [0.5, 0.6) is 0 Å². The minimum atomic E-state index is -4.61. The molecule has 5 heterocycles. The van der Waals surface area contributed by atoms with Crippen LogP contribution < -0.4 is 21.6 Å². The highest BCUT2D eigenvalue weighted by molar-refractivity contribution is 6.05. The summed E-state index contributed by atoms with van der Waals surface area (Å²) in [6.07, 6.45) is 12.5. The summed E-state index contributed by atoms with van der Waals surface area (Å²) in [6.45, 7) is 7.53. The van der Waals surface area contributed by atoms with E-state index in [1.54, 1.807) is 42.2 Å². The molecule has 5 aliphatic rings. The zero-order valence-corrected chi connectivity index (χ0v) is 37.1. The first-order valence-corrected chi connectivity index (χ1v) is 22.9. The van der Waals surface area contributed by atoms with E-state index in [1.807, 2.05) is 23.0 Å². The van der Waals surface area contributed by atoms with Crippen molar-refractivity contribution >= 4 is 45.3 Å². The number of carbonyl (C=O) groups is 3. The Kier molecular flexibility index (Phi) is 11.2. The molecule has 3 amide bonds. The summed E-state index contributed by atoms with van der Waals surface area (Å²) in [6, 6.07) is 8.98. The van der Waals surface area contributed by atoms with E-state index >= 15 is 0 Å². The smallest absolute Gasteiger partial charge is 0.386 e. The van der Waals surface area contributed by atoms with Crippen LogP contribution in [0.15, 0.2) is 65.2 Å². The number of likely N-dealkylation sites (tertiary alicyclic amines) is 1. The van der Waals surface area contributed by atoms with Crippen molar-refractivity contribution in [2.45, 2.75) is 127 Å². The number of aromatic nitrogens is 4. The number of hydrogen-bond acceptors (Lipinski definition) is 8. The number of rotatable bonds is 10. The van der Waals surface area contributed by atoms with Gasteiger partial charge in [0.05, 0.1) is 28.2 Å². The lowest BCUT2D eigenvalue weighted by Crippen LogP contribution is -2.54. The number of benzene rings is 2. The highest BCUT2D eigenvalue weighted by Crippen LogP contribution is 2.54. The second-order valence-corrected chi connectivity index (χ2v) is 20.1. The predicted octanol–water partition coefficient (Wildman–Crippen LogP) is 7.05. The van der Waals surface area contributed by atoms with E-state index < -0.39 is 35.2 Å². The van der Waals surface area contributed by atoms with E-state index in [2.05, 4.69) is 26.9 Å². The third-order valence-electron chi connectivity index (χ3n) is 15.1. The molecule has 64 heavy (non-hydrogen) atoms. The number of amides is 3. The minimum Gasteiger partial charge on any atom is -0.386 e. The van der Waals surface area contributed by atoms with Crippen molar-refractivity contribution in [2.75, 3.05) is 25.0 Å². The Bertz CT molecular complexity index is 2610. The summed E-state index contributed by atoms with van der Waals surface area (Å²) in [5.41, 5.74) is 0.360. The molecule has 2 saturated carbocycles. The van der Waals surface area contributed by atoms with Gasteiger partial charge in [0.2, 0.25) is 11.8 Å². The number of hydrogen-bond donors (Lipinski definition) is 4. The van der Waals surface area contributed by atoms with Gasteiger partial charge in [-0.1, -0.05) is 24.3 Å². The molecule has 2 saturated heterocycles. The van der Waals surface area contributed by atoms with Crippen molar-refractivity contribution in [2.24, 2.45) is 24.3 Å². The highest BCUT2D eigenvalue weighted by Gasteiger charge is 2.51. The van der Waals surface area contributed by atoms with E-state index in [0.717, 1.165) is 93.1 Å². The van der Waals surface area contributed by atoms with Crippen LogP contribution in [0.3, 0.4) is 0 Å². The number of aryl methyl sites for hydroxylation is 2. The average Bonchev–Trinajstić information content (AvgIpc) is 3.76. The van der Waals surface area contributed by atoms with Gasteiger partial charge in [-0.3, -0.25) is 33.5 Å². The number of alkyl halides is 3. The van der Waals surface area contributed by atoms with Crippen LogP contribution in [0, 0.1) is 17.3 Å². The fourth-order valence-corrected chi connectivity index (χ4v) is 11.3. The molecule has 2 aliphatic carbocycles. The number of para-hydroxylation sites is 1. The lowest BCUT2D eigenvalue weighted by Gasteiger charge is -2.53. The van der Waals surface area contributed by atoms with E-state index in [9.17, 15) is 37.5 Å². The molecule has 2 atom stereocenters. The number of imide groups is 1. The third kappa shape index (κ3) is 8.31. The van der Waals surface area contributed by atoms with Crippen LogP contribution in [-0.2, 0) is 33.5 Å². The van der Waals surface area contributed by atoms with Crippen LogP contribution >= 0.6 is 0 Å². The molecule has 0 radical (unpaired) electrons. The van der Waals surface area contributed by atoms with Crippen molar-refractivity contribution in [3.05, 3.63) is 82.1 Å². The molecule has 1 spiro atoms. The molecule has 4 N–H and O–H groups in total. The quantitative estimate of drug-likeness (QED) is 0.124. The number of nitrogens with one attached hydrogen (secondary N) is 3. The molecule has 4 aromatic rings. The van der Waals surface area contributed by atoms with Gasteiger partial charge >= 0.3 is 11.9 Å². The molecular weight excluding hydrogens is 826 g/mol. The lowest BCUT2D eigenvalue weighted by atomic mass is 9.56. The van der Waals surface area contributed by atoms with Gasteiger partial charge in [0.1, 0.15) is 17.3 Å². The zero-order chi connectivity index (χ0) is 45.3. The first kappa shape index (κ1) is 44.0. The number of imidazole rings is 1. The number of halogens is 3. The third-order valence-corrected chi connectivity index (χ3v) is 15.1. The lowest BCUT2D eigenvalue weighted by molar-refractivity contribution is -0.174. The van der Waals surface area contributed by atoms with Crippen molar-refractivity contribution in [3.8, 4) is 0 Å². The zero-order valence-electron chi connectivity index (χ0n) is 37.1. The molecule has 2 unspecified atom stereocenters. The molecule has 9 rings (SSSR count). The Balaban J connectivity index is 0.756. The van der Waals surface area contributed by atoms with E-state index in [-0.39, 0.29) is 29.8 Å². The first-order valence-electron chi connectivity index (χ1n) is 22.9. The monoisotopic (exact) mass is 884 g/mol. The van der Waals surface area contributed by atoms with Gasteiger partial charge in [-0.05, 0) is 152 Å². The maximum Gasteiger partial charge on any atom is 0.414 e. The van der Waals surface area contributed by atoms with Gasteiger partial charge in [-0.25, -0.2) is 4.79 Å². The molecule has 2 aromatic carbocycles. The fraction of sp³-hybridized carbons (Fsp3) is 0.562. The average molecular weight is 885 g/mol. The van der Waals surface area contributed by atoms with Gasteiger partial charge in [-0.2, -0.15) is 18.3 Å². The van der Waals surface area contributed by atoms with Crippen LogP contribution in [0.2, 0.25) is 0 Å². The van der Waals surface area contributed by atoms with Gasteiger partial charge < -0.3 is 20.6 Å². The van der Waals surface area contributed by atoms with Crippen molar-refractivity contribution in [3.63, 3.8) is 0 Å². The summed E-state index contributed by atoms with van der Waals surface area (Å²) < 4.78 is 46.4. The summed E-state index contributed by atoms with van der Waals surface area (Å²) in [5.74, 6) is -0.178. The number of fused-ring (bicyclic) bond motifs is 2. The van der Waals surface area contributed by atoms with Gasteiger partial charge in [0, 0.05) is 42.8 Å². The standard InChI is InChI=1S/C48H59F3N8O5/c1-45(2,64)34-24-36-32(23-37(34)52-42(61)35-8-6-18-46(3,54-35)48(49,50)51)28-58(55-36)33-14-11-29(12-15-33)27-57-21-19-47(20-22-57)25-30(26-47)10-13-31-7-5-9-38-41(31)56(4)44(63)59(38)39-16-17-40(60)53-43(39)62/h5-9,18,23-24,28-30,33,39,54,64H,10-17,19-22,25-27H2,1-4H3,(H,52,61)(H,53,60,62). The maximum atomic E-state index is 13.7. The normalized spacial score (nSPS) is 25.6. The summed E-state index contributed by atoms with van der Waals surface area (Å²) in [7, 11) is 1.77. The van der Waals surface area contributed by atoms with Crippen molar-refractivity contribution < 1.29 is 32.7 Å². The molecule has 342 valence electrons. The topological polar surface area (TPSA) is 156 Å². The molecule has 13 nitrogen and oxygen atoms in total. The van der Waals surface area contributed by atoms with Crippen LogP contribution in [-0.4, -0.2) is 78.0 Å². The van der Waals surface area contributed by atoms with Gasteiger partial charge in [-0.15, -0.1) is 0 Å². The fourth-order valence-electron chi connectivity index (χ4n) is 11.3. The molecular formula is C48H59F3N8O5. The molecule has 0 bridgehead atoms. The number of nitrogens with zero attached hydrogens (tertiary/aromatic N) is 5. The Morgan fingerprint density at radius 1 is 1.02 bits per heavy atom. The minimum absolute atomic E-state index is 0.217. The second kappa shape index (κ2) is 16.3. The highest BCUT2D eigenvalue weighted by atomic mass is 19.4. The number of anilines is 1. The molecule has 4 fully saturated rings. The molecule has 16 heteroatoms. The molecule has 3 aliphatic heterocycles. The number of allylic oxidation sites excluding steroid dienone is 2. The Labute approximate surface area is 370 Å².